The summed E-state index contributed by atoms with van der Waals surface area (Å²) in [5.74, 6) is 0.163. The van der Waals surface area contributed by atoms with Gasteiger partial charge in [-0.25, -0.2) is 0 Å². The van der Waals surface area contributed by atoms with Gasteiger partial charge in [-0.15, -0.1) is 0 Å². The third-order valence-electron chi connectivity index (χ3n) is 6.51. The van der Waals surface area contributed by atoms with Gasteiger partial charge in [0.15, 0.2) is 11.5 Å². The summed E-state index contributed by atoms with van der Waals surface area (Å²) >= 11 is 0. The Morgan fingerprint density at radius 2 is 2.00 bits per heavy atom. The first-order valence-electron chi connectivity index (χ1n) is 10.3. The monoisotopic (exact) mass is 419 g/mol. The zero-order valence-electron chi connectivity index (χ0n) is 16.7. The molecule has 1 aromatic carbocycles. The molecule has 158 valence electrons. The molecule has 2 aromatic rings. The standard InChI is InChI=1S/C23H21N3O5/c27-21(25-10-14-4-7-24-8-5-14)19-17-3-6-23(31-17)12-26(22(28)20(19)23)11-15-1-2-16-18(9-15)30-13-29-16/h1-9,17,19-20H,10-13H2,(H,25,27)/t17-,19+,20-,23-/m0/s1. The number of likely N-dealkylation sites (tertiary alicyclic amines) is 1. The predicted octanol–water partition coefficient (Wildman–Crippen LogP) is 1.41. The fourth-order valence-corrected chi connectivity index (χ4v) is 5.08. The lowest BCUT2D eigenvalue weighted by molar-refractivity contribution is -0.137. The molecule has 1 aromatic heterocycles. The number of hydrogen-bond acceptors (Lipinski definition) is 6. The molecule has 31 heavy (non-hydrogen) atoms. The number of nitrogens with one attached hydrogen (secondary N) is 1. The number of hydrogen-bond donors (Lipinski definition) is 1. The molecule has 0 aliphatic carbocycles. The van der Waals surface area contributed by atoms with Crippen molar-refractivity contribution in [3.8, 4) is 11.5 Å². The van der Waals surface area contributed by atoms with Crippen LogP contribution in [-0.4, -0.2) is 46.7 Å². The summed E-state index contributed by atoms with van der Waals surface area (Å²) in [6.07, 6.45) is 6.90. The summed E-state index contributed by atoms with van der Waals surface area (Å²) in [7, 11) is 0. The Labute approximate surface area is 178 Å². The number of carbonyl (C=O) groups is 2. The van der Waals surface area contributed by atoms with E-state index in [0.29, 0.717) is 31.1 Å². The van der Waals surface area contributed by atoms with Gasteiger partial charge in [0.05, 0.1) is 24.5 Å². The molecule has 1 N–H and O–H groups in total. The van der Waals surface area contributed by atoms with Gasteiger partial charge >= 0.3 is 0 Å². The van der Waals surface area contributed by atoms with Crippen LogP contribution < -0.4 is 14.8 Å². The summed E-state index contributed by atoms with van der Waals surface area (Å²) in [6, 6.07) is 9.39. The van der Waals surface area contributed by atoms with Crippen LogP contribution in [0.15, 0.2) is 54.9 Å². The quantitative estimate of drug-likeness (QED) is 0.737. The molecule has 0 unspecified atom stereocenters. The first-order chi connectivity index (χ1) is 15.1. The smallest absolute Gasteiger partial charge is 0.231 e. The topological polar surface area (TPSA) is 90.0 Å². The van der Waals surface area contributed by atoms with E-state index >= 15 is 0 Å². The molecule has 4 atom stereocenters. The van der Waals surface area contributed by atoms with Crippen molar-refractivity contribution in [3.05, 3.63) is 66.0 Å². The van der Waals surface area contributed by atoms with Crippen molar-refractivity contribution in [2.24, 2.45) is 11.8 Å². The number of ether oxygens (including phenoxy) is 3. The van der Waals surface area contributed by atoms with Gasteiger partial charge in [-0.1, -0.05) is 18.2 Å². The number of aromatic nitrogens is 1. The van der Waals surface area contributed by atoms with Gasteiger partial charge in [0.2, 0.25) is 18.6 Å². The highest BCUT2D eigenvalue weighted by atomic mass is 16.7. The van der Waals surface area contributed by atoms with Crippen molar-refractivity contribution in [1.29, 1.82) is 0 Å². The van der Waals surface area contributed by atoms with Gasteiger partial charge in [0.25, 0.3) is 0 Å². The minimum Gasteiger partial charge on any atom is -0.454 e. The second kappa shape index (κ2) is 6.81. The minimum absolute atomic E-state index is 0.0476. The highest BCUT2D eigenvalue weighted by Crippen LogP contribution is 2.52. The Hall–Kier alpha value is -3.39. The second-order valence-corrected chi connectivity index (χ2v) is 8.36. The van der Waals surface area contributed by atoms with Crippen molar-refractivity contribution < 1.29 is 23.8 Å². The van der Waals surface area contributed by atoms with Crippen LogP contribution in [0.4, 0.5) is 0 Å². The van der Waals surface area contributed by atoms with Crippen molar-refractivity contribution in [2.75, 3.05) is 13.3 Å². The molecule has 2 bridgehead atoms. The van der Waals surface area contributed by atoms with Crippen LogP contribution in [0.25, 0.3) is 0 Å². The van der Waals surface area contributed by atoms with Crippen molar-refractivity contribution in [2.45, 2.75) is 24.8 Å². The maximum absolute atomic E-state index is 13.4. The number of nitrogens with zero attached hydrogens (tertiary/aromatic N) is 2. The van der Waals surface area contributed by atoms with Crippen molar-refractivity contribution in [1.82, 2.24) is 15.2 Å². The number of carbonyl (C=O) groups excluding carboxylic acids is 2. The van der Waals surface area contributed by atoms with Crippen LogP contribution in [0.3, 0.4) is 0 Å². The molecule has 1 spiro atoms. The minimum atomic E-state index is -0.725. The molecular weight excluding hydrogens is 398 g/mol. The zero-order chi connectivity index (χ0) is 21.0. The number of amides is 2. The molecule has 8 nitrogen and oxygen atoms in total. The lowest BCUT2D eigenvalue weighted by Gasteiger charge is -2.23. The summed E-state index contributed by atoms with van der Waals surface area (Å²) < 4.78 is 17.0. The molecule has 2 amide bonds. The molecule has 0 saturated carbocycles. The Morgan fingerprint density at radius 1 is 1.16 bits per heavy atom. The van der Waals surface area contributed by atoms with Crippen LogP contribution in [0.2, 0.25) is 0 Å². The Morgan fingerprint density at radius 3 is 2.87 bits per heavy atom. The van der Waals surface area contributed by atoms with E-state index in [4.69, 9.17) is 14.2 Å². The zero-order valence-corrected chi connectivity index (χ0v) is 16.7. The maximum Gasteiger partial charge on any atom is 0.231 e. The largest absolute Gasteiger partial charge is 0.454 e. The SMILES string of the molecule is O=C(NCc1ccncc1)[C@@H]1[C@@H]2C=C[C@@]3(CN(Cc4ccc5c(c4)OCO5)C(=O)[C@H]13)O2. The highest BCUT2D eigenvalue weighted by Gasteiger charge is 2.66. The normalized spacial score (nSPS) is 29.5. The van der Waals surface area contributed by atoms with E-state index in [-0.39, 0.29) is 24.7 Å². The molecule has 0 radical (unpaired) electrons. The van der Waals surface area contributed by atoms with E-state index in [1.165, 1.54) is 0 Å². The van der Waals surface area contributed by atoms with Gasteiger partial charge in [0, 0.05) is 25.5 Å². The molecule has 4 aliphatic heterocycles. The number of rotatable bonds is 5. The lowest BCUT2D eigenvalue weighted by atomic mass is 9.77. The highest BCUT2D eigenvalue weighted by molar-refractivity contribution is 5.93. The molecule has 4 aliphatic rings. The average Bonchev–Trinajstić information content (AvgIpc) is 3.54. The van der Waals surface area contributed by atoms with Crippen LogP contribution in [0.1, 0.15) is 11.1 Å². The third-order valence-corrected chi connectivity index (χ3v) is 6.51. The van der Waals surface area contributed by atoms with E-state index < -0.39 is 17.4 Å². The van der Waals surface area contributed by atoms with Crippen LogP contribution in [-0.2, 0) is 27.4 Å². The molecule has 2 fully saturated rings. The number of pyridine rings is 1. The first kappa shape index (κ1) is 18.4. The second-order valence-electron chi connectivity index (χ2n) is 8.36. The Bertz CT molecular complexity index is 1090. The predicted molar refractivity (Wildman–Crippen MR) is 108 cm³/mol. The Balaban J connectivity index is 1.19. The van der Waals surface area contributed by atoms with Crippen LogP contribution in [0.5, 0.6) is 11.5 Å². The summed E-state index contributed by atoms with van der Waals surface area (Å²) in [4.78, 5) is 32.2. The van der Waals surface area contributed by atoms with Gasteiger partial charge in [-0.3, -0.25) is 14.6 Å². The van der Waals surface area contributed by atoms with Gasteiger partial charge in [-0.2, -0.15) is 0 Å². The molecular formula is C23H21N3O5. The van der Waals surface area contributed by atoms with E-state index in [1.54, 1.807) is 17.3 Å². The van der Waals surface area contributed by atoms with E-state index in [0.717, 1.165) is 11.1 Å². The van der Waals surface area contributed by atoms with Gasteiger partial charge in [-0.05, 0) is 35.4 Å². The van der Waals surface area contributed by atoms with Gasteiger partial charge in [0.1, 0.15) is 5.60 Å². The number of benzene rings is 1. The average molecular weight is 419 g/mol. The van der Waals surface area contributed by atoms with E-state index in [1.807, 2.05) is 42.5 Å². The van der Waals surface area contributed by atoms with E-state index in [9.17, 15) is 9.59 Å². The third kappa shape index (κ3) is 2.90. The molecule has 5 heterocycles. The van der Waals surface area contributed by atoms with Gasteiger partial charge < -0.3 is 24.4 Å². The summed E-state index contributed by atoms with van der Waals surface area (Å²) in [5, 5.41) is 2.97. The molecule has 8 heteroatoms. The van der Waals surface area contributed by atoms with Crippen molar-refractivity contribution >= 4 is 11.8 Å². The fourth-order valence-electron chi connectivity index (χ4n) is 5.08. The Kier molecular flexibility index (Phi) is 4.04. The van der Waals surface area contributed by atoms with Crippen LogP contribution >= 0.6 is 0 Å². The maximum atomic E-state index is 13.4. The van der Waals surface area contributed by atoms with Crippen LogP contribution in [0, 0.1) is 11.8 Å². The molecule has 2 saturated heterocycles. The first-order valence-corrected chi connectivity index (χ1v) is 10.3. The molecule has 6 rings (SSSR count). The fraction of sp³-hybridized carbons (Fsp3) is 0.348. The van der Waals surface area contributed by atoms with E-state index in [2.05, 4.69) is 10.3 Å². The number of fused-ring (bicyclic) bond motifs is 2. The summed E-state index contributed by atoms with van der Waals surface area (Å²) in [6.45, 7) is 1.47. The summed E-state index contributed by atoms with van der Waals surface area (Å²) in [5.41, 5.74) is 1.18. The van der Waals surface area contributed by atoms with Crippen molar-refractivity contribution in [3.63, 3.8) is 0 Å². The lowest BCUT2D eigenvalue weighted by Crippen LogP contribution is -2.43.